The first kappa shape index (κ1) is 14.9. The van der Waals surface area contributed by atoms with Gasteiger partial charge in [-0.15, -0.1) is 0 Å². The van der Waals surface area contributed by atoms with E-state index in [1.807, 2.05) is 0 Å². The Hall–Kier alpha value is -1.55. The van der Waals surface area contributed by atoms with E-state index in [4.69, 9.17) is 16.7 Å². The fraction of sp³-hybridized carbons (Fsp3) is 0.467. The van der Waals surface area contributed by atoms with Crippen molar-refractivity contribution >= 4 is 23.5 Å². The topological polar surface area (TPSA) is 57.6 Å². The van der Waals surface area contributed by atoms with E-state index in [9.17, 15) is 9.59 Å². The van der Waals surface area contributed by atoms with Crippen LogP contribution >= 0.6 is 11.6 Å². The molecule has 1 amide bonds. The molecular formula is C15H18ClNO3. The maximum Gasteiger partial charge on any atom is 0.308 e. The number of benzene rings is 1. The zero-order valence-electron chi connectivity index (χ0n) is 11.6. The van der Waals surface area contributed by atoms with E-state index in [0.29, 0.717) is 10.6 Å². The standard InChI is InChI=1S/C15H18ClNO3/c1-9(15(19)20)8-17(11-6-7-11)14(18)12-4-3-5-13(16)10(12)2/h3-5,9,11H,6-8H2,1-2H3,(H,19,20). The number of halogens is 1. The number of rotatable bonds is 5. The summed E-state index contributed by atoms with van der Waals surface area (Å²) in [6.07, 6.45) is 1.88. The number of carbonyl (C=O) groups is 2. The predicted octanol–water partition coefficient (Wildman–Crippen LogP) is 2.97. The summed E-state index contributed by atoms with van der Waals surface area (Å²) in [5.41, 5.74) is 1.30. The zero-order chi connectivity index (χ0) is 14.9. The molecule has 1 fully saturated rings. The Morgan fingerprint density at radius 2 is 2.10 bits per heavy atom. The average Bonchev–Trinajstić information content (AvgIpc) is 3.22. The van der Waals surface area contributed by atoms with Gasteiger partial charge in [-0.1, -0.05) is 24.6 Å². The number of nitrogens with zero attached hydrogens (tertiary/aromatic N) is 1. The molecule has 4 nitrogen and oxygen atoms in total. The fourth-order valence-electron chi connectivity index (χ4n) is 2.15. The molecule has 1 N–H and O–H groups in total. The van der Waals surface area contributed by atoms with Crippen LogP contribution in [0.25, 0.3) is 0 Å². The third-order valence-corrected chi connectivity index (χ3v) is 4.05. The molecule has 0 bridgehead atoms. The molecular weight excluding hydrogens is 278 g/mol. The molecule has 108 valence electrons. The van der Waals surface area contributed by atoms with Gasteiger partial charge in [0.1, 0.15) is 0 Å². The molecule has 20 heavy (non-hydrogen) atoms. The second-order valence-corrected chi connectivity index (χ2v) is 5.75. The minimum absolute atomic E-state index is 0.124. The summed E-state index contributed by atoms with van der Waals surface area (Å²) in [7, 11) is 0. The third kappa shape index (κ3) is 3.12. The molecule has 0 heterocycles. The number of carboxylic acids is 1. The number of carbonyl (C=O) groups excluding carboxylic acids is 1. The van der Waals surface area contributed by atoms with Crippen LogP contribution in [-0.2, 0) is 4.79 Å². The van der Waals surface area contributed by atoms with Crippen LogP contribution < -0.4 is 0 Å². The maximum atomic E-state index is 12.6. The summed E-state index contributed by atoms with van der Waals surface area (Å²) >= 11 is 6.05. The normalized spacial score (nSPS) is 15.8. The van der Waals surface area contributed by atoms with Gasteiger partial charge in [0.2, 0.25) is 0 Å². The molecule has 0 aliphatic heterocycles. The van der Waals surface area contributed by atoms with Crippen LogP contribution in [0, 0.1) is 12.8 Å². The highest BCUT2D eigenvalue weighted by atomic mass is 35.5. The van der Waals surface area contributed by atoms with E-state index < -0.39 is 11.9 Å². The number of aliphatic carboxylic acids is 1. The Labute approximate surface area is 123 Å². The van der Waals surface area contributed by atoms with E-state index in [2.05, 4.69) is 0 Å². The number of amides is 1. The molecule has 0 saturated heterocycles. The highest BCUT2D eigenvalue weighted by Gasteiger charge is 2.35. The quantitative estimate of drug-likeness (QED) is 0.908. The third-order valence-electron chi connectivity index (χ3n) is 3.64. The Morgan fingerprint density at radius 1 is 1.45 bits per heavy atom. The van der Waals surface area contributed by atoms with E-state index >= 15 is 0 Å². The van der Waals surface area contributed by atoms with E-state index in [1.165, 1.54) is 0 Å². The van der Waals surface area contributed by atoms with Gasteiger partial charge < -0.3 is 10.0 Å². The molecule has 0 spiro atoms. The lowest BCUT2D eigenvalue weighted by molar-refractivity contribution is -0.141. The second-order valence-electron chi connectivity index (χ2n) is 5.34. The highest BCUT2D eigenvalue weighted by Crippen LogP contribution is 2.30. The van der Waals surface area contributed by atoms with Crippen LogP contribution in [0.2, 0.25) is 5.02 Å². The lowest BCUT2D eigenvalue weighted by Gasteiger charge is -2.25. The van der Waals surface area contributed by atoms with Gasteiger partial charge in [0.15, 0.2) is 0 Å². The van der Waals surface area contributed by atoms with Crippen molar-refractivity contribution in [3.8, 4) is 0 Å². The van der Waals surface area contributed by atoms with Crippen LogP contribution in [0.4, 0.5) is 0 Å². The molecule has 1 aromatic carbocycles. The molecule has 2 rings (SSSR count). The average molecular weight is 296 g/mol. The summed E-state index contributed by atoms with van der Waals surface area (Å²) in [6, 6.07) is 5.40. The highest BCUT2D eigenvalue weighted by molar-refractivity contribution is 6.31. The smallest absolute Gasteiger partial charge is 0.308 e. The van der Waals surface area contributed by atoms with Gasteiger partial charge >= 0.3 is 5.97 Å². The lowest BCUT2D eigenvalue weighted by atomic mass is 10.1. The fourth-order valence-corrected chi connectivity index (χ4v) is 2.33. The number of carboxylic acid groups (broad SMARTS) is 1. The number of hydrogen-bond acceptors (Lipinski definition) is 2. The Morgan fingerprint density at radius 3 is 2.65 bits per heavy atom. The SMILES string of the molecule is Cc1c(Cl)cccc1C(=O)N(CC(C)C(=O)O)C1CC1. The predicted molar refractivity (Wildman–Crippen MR) is 77.0 cm³/mol. The summed E-state index contributed by atoms with van der Waals surface area (Å²) < 4.78 is 0. The Kier molecular flexibility index (Phi) is 4.33. The summed E-state index contributed by atoms with van der Waals surface area (Å²) in [4.78, 5) is 25.3. The first-order valence-electron chi connectivity index (χ1n) is 6.70. The van der Waals surface area contributed by atoms with Crippen molar-refractivity contribution in [3.63, 3.8) is 0 Å². The second kappa shape index (κ2) is 5.83. The van der Waals surface area contributed by atoms with Gasteiger partial charge in [-0.05, 0) is 37.5 Å². The summed E-state index contributed by atoms with van der Waals surface area (Å²) in [5.74, 6) is -1.58. The van der Waals surface area contributed by atoms with Gasteiger partial charge in [0.05, 0.1) is 5.92 Å². The van der Waals surface area contributed by atoms with Crippen LogP contribution in [0.15, 0.2) is 18.2 Å². The monoisotopic (exact) mass is 295 g/mol. The Bertz CT molecular complexity index is 540. The molecule has 1 aliphatic rings. The lowest BCUT2D eigenvalue weighted by Crippen LogP contribution is -2.38. The van der Waals surface area contributed by atoms with Gasteiger partial charge in [0.25, 0.3) is 5.91 Å². The molecule has 1 aromatic rings. The van der Waals surface area contributed by atoms with Crippen molar-refractivity contribution in [3.05, 3.63) is 34.3 Å². The van der Waals surface area contributed by atoms with E-state index in [0.717, 1.165) is 18.4 Å². The van der Waals surface area contributed by atoms with Crippen molar-refractivity contribution in [1.82, 2.24) is 4.90 Å². The molecule has 0 radical (unpaired) electrons. The van der Waals surface area contributed by atoms with Gasteiger partial charge in [-0.2, -0.15) is 0 Å². The van der Waals surface area contributed by atoms with Crippen LogP contribution in [-0.4, -0.2) is 34.5 Å². The van der Waals surface area contributed by atoms with Gasteiger partial charge in [-0.3, -0.25) is 9.59 Å². The minimum Gasteiger partial charge on any atom is -0.481 e. The van der Waals surface area contributed by atoms with Gasteiger partial charge in [-0.25, -0.2) is 0 Å². The van der Waals surface area contributed by atoms with Crippen LogP contribution in [0.3, 0.4) is 0 Å². The van der Waals surface area contributed by atoms with Crippen molar-refractivity contribution < 1.29 is 14.7 Å². The summed E-state index contributed by atoms with van der Waals surface area (Å²) in [5, 5.41) is 9.58. The maximum absolute atomic E-state index is 12.6. The summed E-state index contributed by atoms with van der Waals surface area (Å²) in [6.45, 7) is 3.67. The first-order chi connectivity index (χ1) is 9.41. The first-order valence-corrected chi connectivity index (χ1v) is 7.08. The zero-order valence-corrected chi connectivity index (χ0v) is 12.4. The van der Waals surface area contributed by atoms with Gasteiger partial charge in [0, 0.05) is 23.2 Å². The van der Waals surface area contributed by atoms with Crippen LogP contribution in [0.1, 0.15) is 35.7 Å². The van der Waals surface area contributed by atoms with Crippen molar-refractivity contribution in [2.24, 2.45) is 5.92 Å². The van der Waals surface area contributed by atoms with Crippen LogP contribution in [0.5, 0.6) is 0 Å². The number of hydrogen-bond donors (Lipinski definition) is 1. The molecule has 1 atom stereocenters. The van der Waals surface area contributed by atoms with Crippen molar-refractivity contribution in [1.29, 1.82) is 0 Å². The van der Waals surface area contributed by atoms with E-state index in [-0.39, 0.29) is 18.5 Å². The molecule has 1 unspecified atom stereocenters. The molecule has 1 saturated carbocycles. The Balaban J connectivity index is 2.23. The molecule has 5 heteroatoms. The molecule has 0 aromatic heterocycles. The van der Waals surface area contributed by atoms with Crippen molar-refractivity contribution in [2.75, 3.05) is 6.54 Å². The van der Waals surface area contributed by atoms with E-state index in [1.54, 1.807) is 36.9 Å². The largest absolute Gasteiger partial charge is 0.481 e. The minimum atomic E-state index is -0.883. The van der Waals surface area contributed by atoms with Crippen molar-refractivity contribution in [2.45, 2.75) is 32.7 Å². The molecule has 1 aliphatic carbocycles.